The number of unbranched alkanes of at least 4 members (excludes halogenated alkanes) is 2. The van der Waals surface area contributed by atoms with Crippen LogP contribution in [0.1, 0.15) is 32.6 Å². The number of carbonyl (C=O) groups excluding carboxylic acids is 1. The van der Waals surface area contributed by atoms with Gasteiger partial charge in [0.1, 0.15) is 104 Å². The maximum absolute atomic E-state index is 12.5. The van der Waals surface area contributed by atoms with E-state index in [1.54, 1.807) is 0 Å². The number of ether oxygens (including phenoxy) is 10. The summed E-state index contributed by atoms with van der Waals surface area (Å²) in [5, 5.41) is 164. The van der Waals surface area contributed by atoms with E-state index >= 15 is 0 Å². The number of carbonyl (C=O) groups is 1. The zero-order valence-corrected chi connectivity index (χ0v) is 36.9. The van der Waals surface area contributed by atoms with E-state index < -0.39 is 204 Å². The SMILES string of the molecule is CC(=O)NC1C(O[C@@H]2OC(CO)[C@H](O)C(O)C2O)[C@@H](O)C(CO)O[C@H]1OC1C(O)[C@@H](O[C@H]2C(CO)O[C@@H](OCC3(C[N+](=O)[O-])CC(O)C(O)[C@H](OCCCCCN)O3)C(O)C2O)OC(CO)[C@@H]1O. The molecular formula is C38H67N3O27. The first-order valence-corrected chi connectivity index (χ1v) is 22.1. The molecule has 396 valence electrons. The molecule has 0 saturated carbocycles. The second-order valence-corrected chi connectivity index (χ2v) is 17.3. The third kappa shape index (κ3) is 13.3. The van der Waals surface area contributed by atoms with Gasteiger partial charge in [-0.2, -0.15) is 0 Å². The minimum Gasteiger partial charge on any atom is -0.394 e. The van der Waals surface area contributed by atoms with Gasteiger partial charge in [0.05, 0.1) is 39.1 Å². The summed E-state index contributed by atoms with van der Waals surface area (Å²) in [5.41, 5.74) is 3.52. The Morgan fingerprint density at radius 2 is 1.15 bits per heavy atom. The van der Waals surface area contributed by atoms with Gasteiger partial charge in [0.2, 0.25) is 12.5 Å². The standard InChI is InChI=1S/C38H67N3O27/c1-14(46)40-20-31(66-36-27(54)25(52)22(49)16(8-42)62-36)23(50)17(9-43)61-33(20)67-32-24(51)18(10-44)63-37(29(32)56)65-30-19(11-45)64-34(28(55)26(30)53)60-13-38(12-41(57)58)7-15(47)21(48)35(68-38)59-6-4-2-3-5-39/h15-37,42-45,47-56H,2-13,39H2,1H3,(H,40,46)/t15?,16?,17?,18?,19?,20?,21?,22-,23-,24-,25?,26?,27?,28?,29?,30-,31?,32?,33-,34+,35+,36-,37+,38?/m0/s1. The van der Waals surface area contributed by atoms with E-state index in [0.29, 0.717) is 25.8 Å². The molecular weight excluding hydrogens is 930 g/mol. The second-order valence-electron chi connectivity index (χ2n) is 17.3. The van der Waals surface area contributed by atoms with E-state index in [-0.39, 0.29) is 6.61 Å². The predicted molar refractivity (Wildman–Crippen MR) is 214 cm³/mol. The van der Waals surface area contributed by atoms with Crippen LogP contribution < -0.4 is 11.1 Å². The van der Waals surface area contributed by atoms with Gasteiger partial charge < -0.3 is 130 Å². The Kier molecular flexibility index (Phi) is 21.3. The lowest BCUT2D eigenvalue weighted by Gasteiger charge is -2.50. The number of hydrogen-bond acceptors (Lipinski definition) is 28. The van der Waals surface area contributed by atoms with Crippen LogP contribution in [-0.4, -0.2) is 282 Å². The third-order valence-corrected chi connectivity index (χ3v) is 12.3. The average Bonchev–Trinajstić information content (AvgIpc) is 3.30. The van der Waals surface area contributed by atoms with Crippen molar-refractivity contribution in [2.45, 2.75) is 179 Å². The largest absolute Gasteiger partial charge is 0.394 e. The van der Waals surface area contributed by atoms with Crippen molar-refractivity contribution in [3.05, 3.63) is 10.1 Å². The molecule has 0 aromatic carbocycles. The van der Waals surface area contributed by atoms with Crippen molar-refractivity contribution in [2.75, 3.05) is 52.7 Å². The number of nitro groups is 1. The van der Waals surface area contributed by atoms with Gasteiger partial charge in [0.25, 0.3) is 0 Å². The average molecular weight is 998 g/mol. The molecule has 17 N–H and O–H groups in total. The summed E-state index contributed by atoms with van der Waals surface area (Å²) in [5.74, 6) is -0.813. The number of aliphatic hydroxyl groups is 14. The Morgan fingerprint density at radius 3 is 1.74 bits per heavy atom. The van der Waals surface area contributed by atoms with Crippen molar-refractivity contribution in [3.63, 3.8) is 0 Å². The highest BCUT2D eigenvalue weighted by molar-refractivity contribution is 5.73. The highest BCUT2D eigenvalue weighted by atomic mass is 16.8. The van der Waals surface area contributed by atoms with E-state index in [1.165, 1.54) is 0 Å². The summed E-state index contributed by atoms with van der Waals surface area (Å²) in [6, 6.07) is -1.69. The highest BCUT2D eigenvalue weighted by Gasteiger charge is 2.57. The number of aliphatic hydroxyl groups excluding tert-OH is 14. The molecule has 5 aliphatic rings. The molecule has 0 aromatic rings. The number of nitrogens with two attached hydrogens (primary N) is 1. The molecule has 30 heteroatoms. The number of rotatable bonds is 22. The summed E-state index contributed by atoms with van der Waals surface area (Å²) in [7, 11) is 0. The molecule has 0 bridgehead atoms. The Bertz CT molecular complexity index is 1560. The van der Waals surface area contributed by atoms with Gasteiger partial charge in [-0.1, -0.05) is 0 Å². The molecule has 5 fully saturated rings. The van der Waals surface area contributed by atoms with Gasteiger partial charge in [-0.05, 0) is 25.8 Å². The van der Waals surface area contributed by atoms with Crippen LogP contribution >= 0.6 is 0 Å². The number of hydrogen-bond donors (Lipinski definition) is 16. The summed E-state index contributed by atoms with van der Waals surface area (Å²) in [6.07, 6.45) is -39.2. The minimum atomic E-state index is -2.17. The fourth-order valence-electron chi connectivity index (χ4n) is 8.58. The maximum atomic E-state index is 12.5. The van der Waals surface area contributed by atoms with Crippen molar-refractivity contribution in [2.24, 2.45) is 5.73 Å². The topological polar surface area (TPSA) is 474 Å². The lowest BCUT2D eigenvalue weighted by molar-refractivity contribution is -0.515. The zero-order chi connectivity index (χ0) is 50.2. The van der Waals surface area contributed by atoms with E-state index in [2.05, 4.69) is 5.32 Å². The monoisotopic (exact) mass is 997 g/mol. The van der Waals surface area contributed by atoms with Crippen LogP contribution in [0.2, 0.25) is 0 Å². The van der Waals surface area contributed by atoms with Gasteiger partial charge in [-0.15, -0.1) is 0 Å². The van der Waals surface area contributed by atoms with Crippen LogP contribution in [0.3, 0.4) is 0 Å². The first-order valence-electron chi connectivity index (χ1n) is 22.1. The Labute approximate surface area is 387 Å². The molecule has 0 spiro atoms. The van der Waals surface area contributed by atoms with Crippen molar-refractivity contribution in [3.8, 4) is 0 Å². The maximum Gasteiger partial charge on any atom is 0.234 e. The minimum absolute atomic E-state index is 0.0363. The van der Waals surface area contributed by atoms with Crippen LogP contribution in [0.25, 0.3) is 0 Å². The molecule has 5 saturated heterocycles. The van der Waals surface area contributed by atoms with Crippen LogP contribution in [0.4, 0.5) is 0 Å². The summed E-state index contributed by atoms with van der Waals surface area (Å²) < 4.78 is 57.1. The number of nitrogens with one attached hydrogen (secondary N) is 1. The van der Waals surface area contributed by atoms with Crippen LogP contribution in [0.5, 0.6) is 0 Å². The lowest BCUT2D eigenvalue weighted by Crippen LogP contribution is -2.70. The van der Waals surface area contributed by atoms with Crippen molar-refractivity contribution in [1.82, 2.24) is 5.32 Å². The molecule has 24 atom stereocenters. The smallest absolute Gasteiger partial charge is 0.234 e. The van der Waals surface area contributed by atoms with E-state index in [9.17, 15) is 86.4 Å². The van der Waals surface area contributed by atoms with E-state index in [1.807, 2.05) is 0 Å². The molecule has 5 aliphatic heterocycles. The summed E-state index contributed by atoms with van der Waals surface area (Å²) >= 11 is 0. The fourth-order valence-corrected chi connectivity index (χ4v) is 8.58. The van der Waals surface area contributed by atoms with Crippen LogP contribution in [0, 0.1) is 10.1 Å². The third-order valence-electron chi connectivity index (χ3n) is 12.3. The highest BCUT2D eigenvalue weighted by Crippen LogP contribution is 2.36. The molecule has 5 heterocycles. The van der Waals surface area contributed by atoms with Gasteiger partial charge in [0.15, 0.2) is 37.1 Å². The molecule has 1 amide bonds. The molecule has 0 aromatic heterocycles. The van der Waals surface area contributed by atoms with E-state index in [0.717, 1.165) is 6.92 Å². The van der Waals surface area contributed by atoms with Crippen molar-refractivity contribution < 1.29 is 129 Å². The Morgan fingerprint density at radius 1 is 0.618 bits per heavy atom. The second kappa shape index (κ2) is 25.5. The first kappa shape index (κ1) is 56.8. The van der Waals surface area contributed by atoms with Gasteiger partial charge in [-0.3, -0.25) is 14.9 Å². The lowest BCUT2D eigenvalue weighted by atomic mass is 9.90. The predicted octanol–water partition coefficient (Wildman–Crippen LogP) is -9.95. The number of amides is 1. The number of nitrogens with zero attached hydrogens (tertiary/aromatic N) is 1. The zero-order valence-electron chi connectivity index (χ0n) is 36.9. The van der Waals surface area contributed by atoms with Gasteiger partial charge >= 0.3 is 0 Å². The van der Waals surface area contributed by atoms with Gasteiger partial charge in [-0.25, -0.2) is 0 Å². The molecule has 0 radical (unpaired) electrons. The van der Waals surface area contributed by atoms with E-state index in [4.69, 9.17) is 53.1 Å². The fraction of sp³-hybridized carbons (Fsp3) is 0.974. The summed E-state index contributed by atoms with van der Waals surface area (Å²) in [6.45, 7) is -4.09. The van der Waals surface area contributed by atoms with Crippen LogP contribution in [-0.2, 0) is 52.2 Å². The molecule has 0 aliphatic carbocycles. The molecule has 5 rings (SSSR count). The quantitative estimate of drug-likeness (QED) is 0.0272. The first-order chi connectivity index (χ1) is 32.2. The van der Waals surface area contributed by atoms with Crippen molar-refractivity contribution >= 4 is 5.91 Å². The molecule has 68 heavy (non-hydrogen) atoms. The Hall–Kier alpha value is -2.13. The normalized spacial score (nSPS) is 45.7. The molecule has 15 unspecified atom stereocenters. The van der Waals surface area contributed by atoms with Crippen molar-refractivity contribution in [1.29, 1.82) is 0 Å². The van der Waals surface area contributed by atoms with Gasteiger partial charge in [0, 0.05) is 24.9 Å². The Balaban J connectivity index is 1.32. The summed E-state index contributed by atoms with van der Waals surface area (Å²) in [4.78, 5) is 23.5. The molecule has 30 nitrogen and oxygen atoms in total. The van der Waals surface area contributed by atoms with Crippen LogP contribution in [0.15, 0.2) is 0 Å².